The molecule has 6 heteroatoms. The molecule has 1 aliphatic heterocycles. The van der Waals surface area contributed by atoms with Crippen molar-refractivity contribution in [2.24, 2.45) is 11.3 Å². The van der Waals surface area contributed by atoms with Crippen LogP contribution in [0.3, 0.4) is 0 Å². The molecule has 0 amide bonds. The van der Waals surface area contributed by atoms with E-state index in [9.17, 15) is 4.79 Å². The van der Waals surface area contributed by atoms with E-state index in [4.69, 9.17) is 0 Å². The van der Waals surface area contributed by atoms with E-state index >= 15 is 0 Å². The van der Waals surface area contributed by atoms with Crippen molar-refractivity contribution < 1.29 is 4.79 Å². The number of hydrogen-bond acceptors (Lipinski definition) is 5. The van der Waals surface area contributed by atoms with Crippen molar-refractivity contribution in [3.8, 4) is 0 Å². The quantitative estimate of drug-likeness (QED) is 0.913. The van der Waals surface area contributed by atoms with Crippen LogP contribution in [0.25, 0.3) is 0 Å². The second-order valence-corrected chi connectivity index (χ2v) is 7.79. The second-order valence-electron chi connectivity index (χ2n) is 7.79. The zero-order valence-electron chi connectivity index (χ0n) is 15.0. The molecule has 2 aromatic rings. The molecule has 1 aromatic heterocycles. The summed E-state index contributed by atoms with van der Waals surface area (Å²) in [4.78, 5) is 19.4. The summed E-state index contributed by atoms with van der Waals surface area (Å²) in [6, 6.07) is 8.16. The average Bonchev–Trinajstić information content (AvgIpc) is 2.99. The Morgan fingerprint density at radius 1 is 1.24 bits per heavy atom. The van der Waals surface area contributed by atoms with Gasteiger partial charge in [0.15, 0.2) is 0 Å². The van der Waals surface area contributed by atoms with E-state index in [1.165, 1.54) is 6.33 Å². The summed E-state index contributed by atoms with van der Waals surface area (Å²) in [6.07, 6.45) is 4.26. The Morgan fingerprint density at radius 2 is 1.96 bits per heavy atom. The lowest BCUT2D eigenvalue weighted by atomic mass is 9.72. The minimum atomic E-state index is -0.243. The Balaban J connectivity index is 1.83. The number of fused-ring (bicyclic) bond motifs is 2. The fraction of sp³-hybridized carbons (Fsp3) is 0.421. The van der Waals surface area contributed by atoms with E-state index in [2.05, 4.69) is 64.5 Å². The van der Waals surface area contributed by atoms with Crippen LogP contribution in [0.1, 0.15) is 31.9 Å². The zero-order chi connectivity index (χ0) is 17.8. The molecule has 0 spiro atoms. The minimum absolute atomic E-state index is 0.141. The molecule has 2 aliphatic rings. The largest absolute Gasteiger partial charge is 0.378 e. The van der Waals surface area contributed by atoms with Gasteiger partial charge in [0.2, 0.25) is 5.95 Å². The Morgan fingerprint density at radius 3 is 2.64 bits per heavy atom. The molecular formula is C19H23N5O. The third-order valence-electron chi connectivity index (χ3n) is 5.02. The zero-order valence-corrected chi connectivity index (χ0v) is 15.0. The van der Waals surface area contributed by atoms with Crippen LogP contribution in [0.5, 0.6) is 0 Å². The van der Waals surface area contributed by atoms with Crippen LogP contribution in [0.4, 0.5) is 11.6 Å². The maximum absolute atomic E-state index is 13.0. The minimum Gasteiger partial charge on any atom is -0.378 e. The van der Waals surface area contributed by atoms with Gasteiger partial charge in [0.25, 0.3) is 0 Å². The van der Waals surface area contributed by atoms with Gasteiger partial charge in [-0.25, -0.2) is 4.68 Å². The Kier molecular flexibility index (Phi) is 3.45. The van der Waals surface area contributed by atoms with Crippen LogP contribution >= 0.6 is 0 Å². The normalized spacial score (nSPS) is 24.0. The molecule has 2 unspecified atom stereocenters. The van der Waals surface area contributed by atoms with Gasteiger partial charge >= 0.3 is 0 Å². The van der Waals surface area contributed by atoms with Gasteiger partial charge in [0.1, 0.15) is 12.1 Å². The first-order chi connectivity index (χ1) is 11.9. The fourth-order valence-electron chi connectivity index (χ4n) is 3.87. The maximum atomic E-state index is 13.0. The molecule has 0 bridgehead atoms. The van der Waals surface area contributed by atoms with Crippen molar-refractivity contribution in [3.63, 3.8) is 0 Å². The van der Waals surface area contributed by atoms with E-state index < -0.39 is 0 Å². The molecule has 1 N–H and O–H groups in total. The number of benzene rings is 1. The van der Waals surface area contributed by atoms with Crippen LogP contribution in [0.2, 0.25) is 0 Å². The number of ketones is 1. The third kappa shape index (κ3) is 2.62. The van der Waals surface area contributed by atoms with E-state index in [0.717, 1.165) is 16.9 Å². The lowest BCUT2D eigenvalue weighted by Crippen LogP contribution is -2.42. The number of anilines is 2. The number of allylic oxidation sites excluding steroid dienone is 2. The van der Waals surface area contributed by atoms with Gasteiger partial charge in [0, 0.05) is 31.9 Å². The molecule has 1 aliphatic carbocycles. The Bertz CT molecular complexity index is 847. The van der Waals surface area contributed by atoms with E-state index in [-0.39, 0.29) is 23.2 Å². The highest BCUT2D eigenvalue weighted by Crippen LogP contribution is 2.45. The number of aromatic nitrogens is 3. The first-order valence-electron chi connectivity index (χ1n) is 8.55. The summed E-state index contributed by atoms with van der Waals surface area (Å²) in [5.74, 6) is 0.694. The van der Waals surface area contributed by atoms with Gasteiger partial charge in [-0.3, -0.25) is 4.79 Å². The molecule has 1 aromatic carbocycles. The van der Waals surface area contributed by atoms with Crippen LogP contribution in [-0.2, 0) is 4.79 Å². The van der Waals surface area contributed by atoms with Crippen LogP contribution in [0.15, 0.2) is 42.4 Å². The lowest BCUT2D eigenvalue weighted by molar-refractivity contribution is -0.125. The average molecular weight is 337 g/mol. The third-order valence-corrected chi connectivity index (χ3v) is 5.02. The van der Waals surface area contributed by atoms with Gasteiger partial charge in [-0.05, 0) is 23.1 Å². The maximum Gasteiger partial charge on any atom is 0.226 e. The first-order valence-corrected chi connectivity index (χ1v) is 8.55. The summed E-state index contributed by atoms with van der Waals surface area (Å²) in [5, 5.41) is 7.70. The van der Waals surface area contributed by atoms with Crippen molar-refractivity contribution in [3.05, 3.63) is 47.9 Å². The molecule has 0 radical (unpaired) electrons. The van der Waals surface area contributed by atoms with Crippen LogP contribution < -0.4 is 10.2 Å². The highest BCUT2D eigenvalue weighted by atomic mass is 16.1. The highest BCUT2D eigenvalue weighted by Gasteiger charge is 2.44. The number of nitrogens with zero attached hydrogens (tertiary/aromatic N) is 4. The standard InChI is InChI=1S/C19H23N5O/c1-19(2)9-14-16(15(25)10-19)17(24-18(22-14)20-11-21-24)12-5-7-13(8-6-12)23(3)4/h5-9,11,16-17H,10H2,1-4H3,(H,20,21,22). The summed E-state index contributed by atoms with van der Waals surface area (Å²) in [5.41, 5.74) is 3.01. The molecule has 130 valence electrons. The summed E-state index contributed by atoms with van der Waals surface area (Å²) in [7, 11) is 4.03. The Labute approximate surface area is 147 Å². The van der Waals surface area contributed by atoms with Crippen molar-refractivity contribution in [2.75, 3.05) is 24.3 Å². The van der Waals surface area contributed by atoms with Gasteiger partial charge in [-0.2, -0.15) is 10.1 Å². The lowest BCUT2D eigenvalue weighted by Gasteiger charge is -2.40. The molecule has 25 heavy (non-hydrogen) atoms. The smallest absolute Gasteiger partial charge is 0.226 e. The number of carbonyl (C=O) groups is 1. The van der Waals surface area contributed by atoms with Crippen LogP contribution in [0, 0.1) is 11.3 Å². The van der Waals surface area contributed by atoms with Crippen LogP contribution in [-0.4, -0.2) is 34.6 Å². The van der Waals surface area contributed by atoms with Gasteiger partial charge in [-0.1, -0.05) is 32.1 Å². The second kappa shape index (κ2) is 5.44. The molecule has 6 nitrogen and oxygen atoms in total. The number of rotatable bonds is 2. The van der Waals surface area contributed by atoms with Crippen molar-refractivity contribution in [1.29, 1.82) is 0 Å². The first kappa shape index (κ1) is 15.9. The molecular weight excluding hydrogens is 314 g/mol. The molecule has 2 atom stereocenters. The van der Waals surface area contributed by atoms with E-state index in [1.807, 2.05) is 18.8 Å². The topological polar surface area (TPSA) is 63.1 Å². The van der Waals surface area contributed by atoms with E-state index in [0.29, 0.717) is 12.4 Å². The number of Topliss-reactive ketones (excluding diaryl/α,β-unsaturated/α-hetero) is 1. The molecule has 4 rings (SSSR count). The summed E-state index contributed by atoms with van der Waals surface area (Å²) in [6.45, 7) is 4.19. The summed E-state index contributed by atoms with van der Waals surface area (Å²) >= 11 is 0. The van der Waals surface area contributed by atoms with Crippen molar-refractivity contribution in [2.45, 2.75) is 26.3 Å². The van der Waals surface area contributed by atoms with E-state index in [1.54, 1.807) is 0 Å². The fourth-order valence-corrected chi connectivity index (χ4v) is 3.87. The highest BCUT2D eigenvalue weighted by molar-refractivity contribution is 5.88. The Hall–Kier alpha value is -2.63. The van der Waals surface area contributed by atoms with Gasteiger partial charge < -0.3 is 10.2 Å². The summed E-state index contributed by atoms with van der Waals surface area (Å²) < 4.78 is 1.84. The molecule has 0 saturated heterocycles. The van der Waals surface area contributed by atoms with Gasteiger partial charge in [0.05, 0.1) is 12.0 Å². The molecule has 0 saturated carbocycles. The van der Waals surface area contributed by atoms with Crippen molar-refractivity contribution in [1.82, 2.24) is 14.8 Å². The van der Waals surface area contributed by atoms with Crippen molar-refractivity contribution >= 4 is 17.4 Å². The monoisotopic (exact) mass is 337 g/mol. The SMILES string of the molecule is CN(C)c1ccc(C2C3C(=O)CC(C)(C)C=C3Nc3ncnn32)cc1. The molecule has 2 heterocycles. The number of carbonyl (C=O) groups excluding carboxylic acids is 1. The van der Waals surface area contributed by atoms with Gasteiger partial charge in [-0.15, -0.1) is 0 Å². The predicted molar refractivity (Wildman–Crippen MR) is 97.5 cm³/mol. The number of hydrogen-bond donors (Lipinski definition) is 1. The number of nitrogens with one attached hydrogen (secondary N) is 1. The molecule has 0 fully saturated rings. The predicted octanol–water partition coefficient (Wildman–Crippen LogP) is 2.86.